The van der Waals surface area contributed by atoms with Crippen LogP contribution in [0.5, 0.6) is 0 Å². The van der Waals surface area contributed by atoms with Gasteiger partial charge in [-0.15, -0.1) is 0 Å². The molecule has 3 rings (SSSR count). The third-order valence-corrected chi connectivity index (χ3v) is 3.19. The van der Waals surface area contributed by atoms with Crippen molar-refractivity contribution in [2.45, 2.75) is 19.4 Å². The van der Waals surface area contributed by atoms with E-state index in [1.165, 1.54) is 12.1 Å². The molecule has 0 radical (unpaired) electrons. The molecule has 0 aliphatic carbocycles. The van der Waals surface area contributed by atoms with E-state index in [1.54, 1.807) is 18.6 Å². The fourth-order valence-corrected chi connectivity index (χ4v) is 2.05. The molecule has 0 amide bonds. The predicted molar refractivity (Wildman–Crippen MR) is 73.6 cm³/mol. The summed E-state index contributed by atoms with van der Waals surface area (Å²) in [5.74, 6) is 0.300. The molecule has 0 aliphatic heterocycles. The van der Waals surface area contributed by atoms with Crippen LogP contribution in [0.2, 0.25) is 0 Å². The number of hydrogen-bond acceptors (Lipinski definition) is 5. The molecule has 1 aromatic carbocycles. The normalized spacial score (nSPS) is 12.5. The number of halogens is 1. The highest BCUT2D eigenvalue weighted by Crippen LogP contribution is 2.23. The number of nitrogens with zero attached hydrogens (tertiary/aromatic N) is 3. The zero-order chi connectivity index (χ0) is 14.8. The summed E-state index contributed by atoms with van der Waals surface area (Å²) < 4.78 is 18.5. The molecule has 0 aliphatic rings. The van der Waals surface area contributed by atoms with Crippen LogP contribution >= 0.6 is 0 Å². The Morgan fingerprint density at radius 1 is 1.43 bits per heavy atom. The van der Waals surface area contributed by atoms with E-state index >= 15 is 0 Å². The van der Waals surface area contributed by atoms with Crippen LogP contribution < -0.4 is 5.73 Å². The van der Waals surface area contributed by atoms with E-state index in [0.717, 1.165) is 11.3 Å². The minimum absolute atomic E-state index is 0.309. The Morgan fingerprint density at radius 3 is 3.05 bits per heavy atom. The third-order valence-electron chi connectivity index (χ3n) is 3.19. The number of hydrogen-bond donors (Lipinski definition) is 2. The Hall–Kier alpha value is -2.54. The molecule has 0 spiro atoms. The lowest BCUT2D eigenvalue weighted by Crippen LogP contribution is -2.14. The number of rotatable bonds is 4. The molecule has 2 aromatic heterocycles. The van der Waals surface area contributed by atoms with Crippen molar-refractivity contribution in [1.29, 1.82) is 0 Å². The zero-order valence-electron chi connectivity index (χ0n) is 11.4. The first-order chi connectivity index (χ1) is 10.1. The van der Waals surface area contributed by atoms with Crippen molar-refractivity contribution in [2.75, 3.05) is 0 Å². The van der Waals surface area contributed by atoms with Crippen LogP contribution in [0.25, 0.3) is 11.4 Å². The lowest BCUT2D eigenvalue weighted by atomic mass is 10.1. The number of aromatic nitrogens is 4. The van der Waals surface area contributed by atoms with Crippen molar-refractivity contribution in [3.8, 4) is 11.4 Å². The second-order valence-corrected chi connectivity index (χ2v) is 4.80. The highest BCUT2D eigenvalue weighted by molar-refractivity contribution is 5.59. The SMILES string of the molecule is Cc1ccc(F)cc1-c1noc(C(N)Cc2cnc[nH]2)n1. The van der Waals surface area contributed by atoms with Crippen molar-refractivity contribution in [1.82, 2.24) is 20.1 Å². The minimum Gasteiger partial charge on any atom is -0.348 e. The number of imidazole rings is 1. The van der Waals surface area contributed by atoms with Gasteiger partial charge in [0.05, 0.1) is 12.4 Å². The summed E-state index contributed by atoms with van der Waals surface area (Å²) in [6.07, 6.45) is 3.77. The summed E-state index contributed by atoms with van der Waals surface area (Å²) in [6, 6.07) is 4.00. The topological polar surface area (TPSA) is 93.6 Å². The van der Waals surface area contributed by atoms with Crippen LogP contribution in [0.15, 0.2) is 35.2 Å². The Balaban J connectivity index is 1.84. The van der Waals surface area contributed by atoms with E-state index in [4.69, 9.17) is 10.3 Å². The zero-order valence-corrected chi connectivity index (χ0v) is 11.4. The molecule has 21 heavy (non-hydrogen) atoms. The molecule has 1 unspecified atom stereocenters. The maximum atomic E-state index is 13.3. The monoisotopic (exact) mass is 287 g/mol. The summed E-state index contributed by atoms with van der Waals surface area (Å²) in [5.41, 5.74) is 8.37. The molecule has 0 saturated heterocycles. The molecule has 1 atom stereocenters. The van der Waals surface area contributed by atoms with Crippen molar-refractivity contribution in [3.63, 3.8) is 0 Å². The van der Waals surface area contributed by atoms with Gasteiger partial charge in [0.25, 0.3) is 0 Å². The molecule has 3 N–H and O–H groups in total. The van der Waals surface area contributed by atoms with Gasteiger partial charge in [0.1, 0.15) is 5.82 Å². The Bertz CT molecular complexity index is 738. The smallest absolute Gasteiger partial charge is 0.244 e. The molecular formula is C14H14FN5O. The fourth-order valence-electron chi connectivity index (χ4n) is 2.05. The molecule has 0 saturated carbocycles. The minimum atomic E-state index is -0.444. The second-order valence-electron chi connectivity index (χ2n) is 4.80. The second kappa shape index (κ2) is 5.45. The lowest BCUT2D eigenvalue weighted by Gasteiger charge is -2.03. The Morgan fingerprint density at radius 2 is 2.29 bits per heavy atom. The highest BCUT2D eigenvalue weighted by atomic mass is 19.1. The maximum absolute atomic E-state index is 13.3. The van der Waals surface area contributed by atoms with Gasteiger partial charge in [0.2, 0.25) is 11.7 Å². The Labute approximate surface area is 120 Å². The van der Waals surface area contributed by atoms with Gasteiger partial charge in [-0.25, -0.2) is 9.37 Å². The molecule has 6 nitrogen and oxygen atoms in total. The predicted octanol–water partition coefficient (Wildman–Crippen LogP) is 2.15. The van der Waals surface area contributed by atoms with Crippen molar-refractivity contribution < 1.29 is 8.91 Å². The molecule has 3 aromatic rings. The van der Waals surface area contributed by atoms with Gasteiger partial charge in [-0.1, -0.05) is 11.2 Å². The van der Waals surface area contributed by atoms with Crippen molar-refractivity contribution in [3.05, 3.63) is 53.7 Å². The molecule has 0 bridgehead atoms. The van der Waals surface area contributed by atoms with Crippen LogP contribution in [0.3, 0.4) is 0 Å². The fraction of sp³-hybridized carbons (Fsp3) is 0.214. The summed E-state index contributed by atoms with van der Waals surface area (Å²) >= 11 is 0. The van der Waals surface area contributed by atoms with E-state index in [1.807, 2.05) is 6.92 Å². The number of benzene rings is 1. The summed E-state index contributed by atoms with van der Waals surface area (Å²) in [4.78, 5) is 11.1. The van der Waals surface area contributed by atoms with Gasteiger partial charge in [-0.05, 0) is 24.6 Å². The first kappa shape index (κ1) is 13.4. The van der Waals surface area contributed by atoms with Crippen molar-refractivity contribution >= 4 is 0 Å². The van der Waals surface area contributed by atoms with E-state index in [9.17, 15) is 4.39 Å². The van der Waals surface area contributed by atoms with Crippen molar-refractivity contribution in [2.24, 2.45) is 5.73 Å². The van der Waals surface area contributed by atoms with E-state index < -0.39 is 6.04 Å². The maximum Gasteiger partial charge on any atom is 0.244 e. The molecule has 7 heteroatoms. The standard InChI is InChI=1S/C14H14FN5O/c1-8-2-3-9(15)4-11(8)13-19-14(21-20-13)12(16)5-10-6-17-7-18-10/h2-4,6-7,12H,5,16H2,1H3,(H,17,18). The number of aryl methyl sites for hydroxylation is 1. The van der Waals surface area contributed by atoms with Gasteiger partial charge in [0.15, 0.2) is 0 Å². The van der Waals surface area contributed by atoms with Gasteiger partial charge < -0.3 is 15.2 Å². The highest BCUT2D eigenvalue weighted by Gasteiger charge is 2.18. The number of nitrogens with one attached hydrogen (secondary N) is 1. The Kier molecular flexibility index (Phi) is 3.49. The summed E-state index contributed by atoms with van der Waals surface area (Å²) in [6.45, 7) is 1.86. The molecule has 108 valence electrons. The largest absolute Gasteiger partial charge is 0.348 e. The van der Waals surface area contributed by atoms with Gasteiger partial charge in [0, 0.05) is 23.9 Å². The van der Waals surface area contributed by atoms with E-state index in [-0.39, 0.29) is 5.82 Å². The lowest BCUT2D eigenvalue weighted by molar-refractivity contribution is 0.354. The van der Waals surface area contributed by atoms with Crippen LogP contribution in [-0.4, -0.2) is 20.1 Å². The molecule has 2 heterocycles. The van der Waals surface area contributed by atoms with Crippen LogP contribution in [0, 0.1) is 12.7 Å². The van der Waals surface area contributed by atoms with E-state index in [2.05, 4.69) is 20.1 Å². The van der Waals surface area contributed by atoms with Crippen LogP contribution in [0.4, 0.5) is 4.39 Å². The van der Waals surface area contributed by atoms with Crippen LogP contribution in [-0.2, 0) is 6.42 Å². The van der Waals surface area contributed by atoms with Gasteiger partial charge >= 0.3 is 0 Å². The number of aromatic amines is 1. The van der Waals surface area contributed by atoms with E-state index in [0.29, 0.717) is 23.7 Å². The van der Waals surface area contributed by atoms with Gasteiger partial charge in [-0.3, -0.25) is 0 Å². The molecule has 0 fully saturated rings. The van der Waals surface area contributed by atoms with Crippen LogP contribution in [0.1, 0.15) is 23.2 Å². The average molecular weight is 287 g/mol. The first-order valence-corrected chi connectivity index (χ1v) is 6.46. The summed E-state index contributed by atoms with van der Waals surface area (Å²) in [7, 11) is 0. The summed E-state index contributed by atoms with van der Waals surface area (Å²) in [5, 5.41) is 3.88. The third kappa shape index (κ3) is 2.82. The number of H-pyrrole nitrogens is 1. The number of nitrogens with two attached hydrogens (primary N) is 1. The molecular weight excluding hydrogens is 273 g/mol. The van der Waals surface area contributed by atoms with Gasteiger partial charge in [-0.2, -0.15) is 4.98 Å². The first-order valence-electron chi connectivity index (χ1n) is 6.46. The quantitative estimate of drug-likeness (QED) is 0.766. The average Bonchev–Trinajstić information content (AvgIpc) is 3.12.